The third-order valence-electron chi connectivity index (χ3n) is 2.94. The van der Waals surface area contributed by atoms with E-state index in [2.05, 4.69) is 25.1 Å². The number of benzene rings is 1. The summed E-state index contributed by atoms with van der Waals surface area (Å²) >= 11 is 1.23. The van der Waals surface area contributed by atoms with Gasteiger partial charge in [0.05, 0.1) is 5.75 Å². The van der Waals surface area contributed by atoms with Crippen molar-refractivity contribution >= 4 is 23.7 Å². The number of nitrogens with zero attached hydrogens (tertiary/aromatic N) is 5. The minimum atomic E-state index is -0.490. The first-order valence-electron chi connectivity index (χ1n) is 7.14. The lowest BCUT2D eigenvalue weighted by atomic mass is 10.3. The van der Waals surface area contributed by atoms with Crippen molar-refractivity contribution in [2.24, 2.45) is 0 Å². The van der Waals surface area contributed by atoms with Crippen LogP contribution in [0.2, 0.25) is 0 Å². The molecule has 4 N–H and O–H groups in total. The predicted molar refractivity (Wildman–Crippen MR) is 88.0 cm³/mol. The van der Waals surface area contributed by atoms with E-state index in [1.54, 1.807) is 6.92 Å². The number of aromatic nitrogens is 5. The molecular formula is C14H14FN7O2S. The molecule has 0 aliphatic carbocycles. The van der Waals surface area contributed by atoms with Crippen LogP contribution < -0.4 is 16.2 Å². The third kappa shape index (κ3) is 4.53. The zero-order chi connectivity index (χ0) is 17.8. The molecule has 0 aliphatic rings. The number of rotatable bonds is 6. The van der Waals surface area contributed by atoms with Crippen LogP contribution in [0.3, 0.4) is 0 Å². The maximum Gasteiger partial charge on any atom is 0.277 e. The Kier molecular flexibility index (Phi) is 4.93. The summed E-state index contributed by atoms with van der Waals surface area (Å²) in [7, 11) is 0. The average Bonchev–Trinajstić information content (AvgIpc) is 3.03. The van der Waals surface area contributed by atoms with E-state index < -0.39 is 6.10 Å². The fraction of sp³-hybridized carbons (Fsp3) is 0.214. The molecule has 0 radical (unpaired) electrons. The van der Waals surface area contributed by atoms with Gasteiger partial charge >= 0.3 is 0 Å². The Bertz CT molecular complexity index is 838. The van der Waals surface area contributed by atoms with E-state index in [0.717, 1.165) is 0 Å². The average molecular weight is 363 g/mol. The van der Waals surface area contributed by atoms with Gasteiger partial charge in [-0.05, 0) is 31.2 Å². The summed E-state index contributed by atoms with van der Waals surface area (Å²) in [5.74, 6) is 1.30. The van der Waals surface area contributed by atoms with Gasteiger partial charge in [-0.3, -0.25) is 0 Å². The van der Waals surface area contributed by atoms with Gasteiger partial charge in [-0.15, -0.1) is 10.2 Å². The highest BCUT2D eigenvalue weighted by molar-refractivity contribution is 7.98. The van der Waals surface area contributed by atoms with Crippen molar-refractivity contribution in [2.45, 2.75) is 24.0 Å². The molecule has 2 aromatic heterocycles. The van der Waals surface area contributed by atoms with Crippen LogP contribution in [0, 0.1) is 5.82 Å². The Labute approximate surface area is 146 Å². The molecule has 9 nitrogen and oxygen atoms in total. The molecule has 0 amide bonds. The minimum Gasteiger partial charge on any atom is -0.481 e. The molecule has 11 heteroatoms. The van der Waals surface area contributed by atoms with Gasteiger partial charge in [0.2, 0.25) is 11.9 Å². The summed E-state index contributed by atoms with van der Waals surface area (Å²) in [6, 6.07) is 5.66. The zero-order valence-electron chi connectivity index (χ0n) is 13.1. The maximum absolute atomic E-state index is 12.9. The van der Waals surface area contributed by atoms with Gasteiger partial charge < -0.3 is 20.6 Å². The van der Waals surface area contributed by atoms with Crippen LogP contribution in [0.15, 0.2) is 33.9 Å². The van der Waals surface area contributed by atoms with E-state index in [4.69, 9.17) is 20.6 Å². The molecule has 25 heavy (non-hydrogen) atoms. The van der Waals surface area contributed by atoms with Gasteiger partial charge in [-0.1, -0.05) is 11.8 Å². The lowest BCUT2D eigenvalue weighted by Crippen LogP contribution is -2.05. The SMILES string of the molecule is C[C@H](Oc1ccc(F)cc1)c1nnc(SCc2nc(N)nc(N)n2)o1. The van der Waals surface area contributed by atoms with E-state index >= 15 is 0 Å². The standard InChI is InChI=1S/C14H14FN7O2S/c1-7(23-9-4-2-8(15)3-5-9)11-21-22-14(24-11)25-6-10-18-12(16)20-13(17)19-10/h2-5,7H,6H2,1H3,(H4,16,17,18,19,20)/t7-/m0/s1. The molecule has 3 aromatic rings. The fourth-order valence-electron chi connectivity index (χ4n) is 1.86. The first kappa shape index (κ1) is 16.9. The van der Waals surface area contributed by atoms with E-state index in [-0.39, 0.29) is 17.7 Å². The molecule has 3 rings (SSSR count). The Morgan fingerprint density at radius 3 is 2.48 bits per heavy atom. The number of halogens is 1. The number of ether oxygens (including phenoxy) is 1. The summed E-state index contributed by atoms with van der Waals surface area (Å²) in [6.45, 7) is 1.75. The van der Waals surface area contributed by atoms with Crippen LogP contribution in [0.5, 0.6) is 5.75 Å². The van der Waals surface area contributed by atoms with Crippen LogP contribution in [0.1, 0.15) is 24.7 Å². The highest BCUT2D eigenvalue weighted by Crippen LogP contribution is 2.25. The van der Waals surface area contributed by atoms with Crippen LogP contribution >= 0.6 is 11.8 Å². The smallest absolute Gasteiger partial charge is 0.277 e. The number of nitrogens with two attached hydrogens (primary N) is 2. The van der Waals surface area contributed by atoms with Crippen molar-refractivity contribution in [3.8, 4) is 5.75 Å². The van der Waals surface area contributed by atoms with E-state index in [0.29, 0.717) is 28.4 Å². The molecule has 130 valence electrons. The number of nitrogen functional groups attached to an aromatic ring is 2. The monoisotopic (exact) mass is 363 g/mol. The van der Waals surface area contributed by atoms with Crippen molar-refractivity contribution in [2.75, 3.05) is 11.5 Å². The van der Waals surface area contributed by atoms with E-state index in [1.807, 2.05) is 0 Å². The molecular weight excluding hydrogens is 349 g/mol. The topological polar surface area (TPSA) is 139 Å². The third-order valence-corrected chi connectivity index (χ3v) is 3.75. The van der Waals surface area contributed by atoms with Crippen molar-refractivity contribution < 1.29 is 13.5 Å². The minimum absolute atomic E-state index is 0.0515. The molecule has 0 unspecified atom stereocenters. The molecule has 0 saturated heterocycles. The van der Waals surface area contributed by atoms with Gasteiger partial charge in [-0.2, -0.15) is 15.0 Å². The van der Waals surface area contributed by atoms with Crippen molar-refractivity contribution in [3.05, 3.63) is 41.8 Å². The van der Waals surface area contributed by atoms with E-state index in [9.17, 15) is 4.39 Å². The second kappa shape index (κ2) is 7.30. The number of hydrogen-bond donors (Lipinski definition) is 2. The largest absolute Gasteiger partial charge is 0.481 e. The van der Waals surface area contributed by atoms with Gasteiger partial charge in [0.15, 0.2) is 6.10 Å². The second-order valence-corrected chi connectivity index (χ2v) is 5.80. The van der Waals surface area contributed by atoms with Crippen molar-refractivity contribution in [3.63, 3.8) is 0 Å². The molecule has 1 atom stereocenters. The maximum atomic E-state index is 12.9. The van der Waals surface area contributed by atoms with Gasteiger partial charge in [-0.25, -0.2) is 4.39 Å². The summed E-state index contributed by atoms with van der Waals surface area (Å²) in [5.41, 5.74) is 11.0. The normalized spacial score (nSPS) is 12.1. The predicted octanol–water partition coefficient (Wildman–Crippen LogP) is 1.99. The quantitative estimate of drug-likeness (QED) is 0.625. The first-order valence-corrected chi connectivity index (χ1v) is 8.12. The first-order chi connectivity index (χ1) is 12.0. The lowest BCUT2D eigenvalue weighted by Gasteiger charge is -2.10. The highest BCUT2D eigenvalue weighted by atomic mass is 32.2. The summed E-state index contributed by atoms with van der Waals surface area (Å²) in [6.07, 6.45) is -0.490. The molecule has 1 aromatic carbocycles. The van der Waals surface area contributed by atoms with Crippen molar-refractivity contribution in [1.82, 2.24) is 25.1 Å². The van der Waals surface area contributed by atoms with Crippen LogP contribution in [0.4, 0.5) is 16.3 Å². The lowest BCUT2D eigenvalue weighted by molar-refractivity contribution is 0.181. The van der Waals surface area contributed by atoms with E-state index in [1.165, 1.54) is 36.0 Å². The van der Waals surface area contributed by atoms with Crippen LogP contribution in [-0.2, 0) is 5.75 Å². The molecule has 0 bridgehead atoms. The molecule has 0 fully saturated rings. The summed E-state index contributed by atoms with van der Waals surface area (Å²) in [4.78, 5) is 11.6. The van der Waals surface area contributed by atoms with Crippen LogP contribution in [0.25, 0.3) is 0 Å². The van der Waals surface area contributed by atoms with Gasteiger partial charge in [0.1, 0.15) is 17.4 Å². The van der Waals surface area contributed by atoms with Crippen LogP contribution in [-0.4, -0.2) is 25.1 Å². The molecule has 2 heterocycles. The zero-order valence-corrected chi connectivity index (χ0v) is 13.9. The van der Waals surface area contributed by atoms with Gasteiger partial charge in [0, 0.05) is 0 Å². The Morgan fingerprint density at radius 1 is 1.12 bits per heavy atom. The fourth-order valence-corrected chi connectivity index (χ4v) is 2.48. The summed E-state index contributed by atoms with van der Waals surface area (Å²) in [5, 5.41) is 8.19. The Hall–Kier alpha value is -2.95. The number of thioether (sulfide) groups is 1. The molecule has 0 aliphatic heterocycles. The van der Waals surface area contributed by atoms with Crippen molar-refractivity contribution in [1.29, 1.82) is 0 Å². The Balaban J connectivity index is 1.60. The number of hydrogen-bond acceptors (Lipinski definition) is 10. The number of anilines is 2. The van der Waals surface area contributed by atoms with Gasteiger partial charge in [0.25, 0.3) is 11.1 Å². The molecule has 0 spiro atoms. The second-order valence-electron chi connectivity index (χ2n) is 4.88. The molecule has 0 saturated carbocycles. The summed E-state index contributed by atoms with van der Waals surface area (Å²) < 4.78 is 24.1. The highest BCUT2D eigenvalue weighted by Gasteiger charge is 2.16. The Morgan fingerprint density at radius 2 is 1.80 bits per heavy atom.